The first-order chi connectivity index (χ1) is 14.1. The minimum Gasteiger partial charge on any atom is -0.368 e. The Hall–Kier alpha value is -3.41. The third kappa shape index (κ3) is 4.54. The van der Waals surface area contributed by atoms with Crippen molar-refractivity contribution in [1.29, 1.82) is 0 Å². The first kappa shape index (κ1) is 18.9. The van der Waals surface area contributed by atoms with Gasteiger partial charge < -0.3 is 15.1 Å². The number of halogens is 1. The standard InChI is InChI=1S/C23H23FN4O/c1-17-4-2-7-21(14-17)27-10-12-28(13-11-27)22-9-8-18(16-25-22)23(29)26-20-6-3-5-19(24)15-20/h2-9,14-16H,10-13H2,1H3,(H,26,29). The van der Waals surface area contributed by atoms with Gasteiger partial charge in [0.1, 0.15) is 11.6 Å². The lowest BCUT2D eigenvalue weighted by molar-refractivity contribution is 0.102. The molecule has 1 aromatic heterocycles. The lowest BCUT2D eigenvalue weighted by atomic mass is 10.2. The number of hydrogen-bond acceptors (Lipinski definition) is 4. The highest BCUT2D eigenvalue weighted by Gasteiger charge is 2.19. The summed E-state index contributed by atoms with van der Waals surface area (Å²) in [5.41, 5.74) is 3.38. The molecule has 2 aromatic carbocycles. The summed E-state index contributed by atoms with van der Waals surface area (Å²) >= 11 is 0. The molecule has 0 atom stereocenters. The molecule has 3 aromatic rings. The van der Waals surface area contributed by atoms with Crippen LogP contribution in [0, 0.1) is 12.7 Å². The first-order valence-electron chi connectivity index (χ1n) is 9.68. The monoisotopic (exact) mass is 390 g/mol. The van der Waals surface area contributed by atoms with Crippen LogP contribution in [0.4, 0.5) is 21.6 Å². The van der Waals surface area contributed by atoms with Gasteiger partial charge in [0.2, 0.25) is 0 Å². The Morgan fingerprint density at radius 2 is 1.72 bits per heavy atom. The van der Waals surface area contributed by atoms with E-state index in [0.29, 0.717) is 11.3 Å². The van der Waals surface area contributed by atoms with Gasteiger partial charge in [0.15, 0.2) is 0 Å². The molecule has 5 nitrogen and oxygen atoms in total. The quantitative estimate of drug-likeness (QED) is 0.728. The fourth-order valence-corrected chi connectivity index (χ4v) is 3.50. The third-order valence-electron chi connectivity index (χ3n) is 5.06. The zero-order valence-electron chi connectivity index (χ0n) is 16.3. The number of carbonyl (C=O) groups excluding carboxylic acids is 1. The van der Waals surface area contributed by atoms with Crippen LogP contribution in [0.2, 0.25) is 0 Å². The van der Waals surface area contributed by atoms with Crippen molar-refractivity contribution < 1.29 is 9.18 Å². The normalized spacial score (nSPS) is 14.0. The van der Waals surface area contributed by atoms with Crippen molar-refractivity contribution >= 4 is 23.1 Å². The van der Waals surface area contributed by atoms with Gasteiger partial charge in [-0.25, -0.2) is 9.37 Å². The highest BCUT2D eigenvalue weighted by atomic mass is 19.1. The Bertz CT molecular complexity index is 998. The van der Waals surface area contributed by atoms with Gasteiger partial charge in [0.05, 0.1) is 5.56 Å². The Morgan fingerprint density at radius 1 is 0.966 bits per heavy atom. The van der Waals surface area contributed by atoms with Crippen molar-refractivity contribution in [1.82, 2.24) is 4.98 Å². The lowest BCUT2D eigenvalue weighted by Gasteiger charge is -2.36. The van der Waals surface area contributed by atoms with Crippen LogP contribution in [0.1, 0.15) is 15.9 Å². The topological polar surface area (TPSA) is 48.5 Å². The molecule has 6 heteroatoms. The van der Waals surface area contributed by atoms with Crippen LogP contribution in [0.15, 0.2) is 66.9 Å². The maximum atomic E-state index is 13.3. The van der Waals surface area contributed by atoms with E-state index in [1.165, 1.54) is 23.4 Å². The number of amides is 1. The molecule has 1 saturated heterocycles. The first-order valence-corrected chi connectivity index (χ1v) is 9.68. The van der Waals surface area contributed by atoms with Gasteiger partial charge in [-0.2, -0.15) is 0 Å². The van der Waals surface area contributed by atoms with Crippen molar-refractivity contribution in [2.45, 2.75) is 6.92 Å². The molecule has 29 heavy (non-hydrogen) atoms. The number of piperazine rings is 1. The number of hydrogen-bond donors (Lipinski definition) is 1. The molecule has 1 aliphatic rings. The number of rotatable bonds is 4. The summed E-state index contributed by atoms with van der Waals surface area (Å²) in [5, 5.41) is 2.69. The summed E-state index contributed by atoms with van der Waals surface area (Å²) in [5.74, 6) is 0.163. The molecule has 1 N–H and O–H groups in total. The SMILES string of the molecule is Cc1cccc(N2CCN(c3ccc(C(=O)Nc4cccc(F)c4)cn3)CC2)c1. The number of benzene rings is 2. The van der Waals surface area contributed by atoms with Gasteiger partial charge in [-0.1, -0.05) is 18.2 Å². The Morgan fingerprint density at radius 3 is 2.41 bits per heavy atom. The molecular formula is C23H23FN4O. The molecule has 2 heterocycles. The third-order valence-corrected chi connectivity index (χ3v) is 5.06. The fourth-order valence-electron chi connectivity index (χ4n) is 3.50. The molecule has 0 bridgehead atoms. The van der Waals surface area contributed by atoms with Crippen molar-refractivity contribution in [3.63, 3.8) is 0 Å². The smallest absolute Gasteiger partial charge is 0.257 e. The van der Waals surface area contributed by atoms with E-state index in [9.17, 15) is 9.18 Å². The van der Waals surface area contributed by atoms with E-state index in [-0.39, 0.29) is 11.7 Å². The molecule has 0 unspecified atom stereocenters. The lowest BCUT2D eigenvalue weighted by Crippen LogP contribution is -2.46. The van der Waals surface area contributed by atoms with E-state index < -0.39 is 0 Å². The zero-order valence-corrected chi connectivity index (χ0v) is 16.3. The average Bonchev–Trinajstić information content (AvgIpc) is 2.74. The predicted octanol–water partition coefficient (Wildman–Crippen LogP) is 4.11. The molecule has 1 amide bonds. The van der Waals surface area contributed by atoms with Crippen LogP contribution in [-0.4, -0.2) is 37.1 Å². The second-order valence-electron chi connectivity index (χ2n) is 7.18. The molecule has 0 saturated carbocycles. The van der Waals surface area contributed by atoms with Gasteiger partial charge >= 0.3 is 0 Å². The second-order valence-corrected chi connectivity index (χ2v) is 7.18. The van der Waals surface area contributed by atoms with Gasteiger partial charge in [0.25, 0.3) is 5.91 Å². The second kappa shape index (κ2) is 8.31. The fraction of sp³-hybridized carbons (Fsp3) is 0.217. The summed E-state index contributed by atoms with van der Waals surface area (Å²) < 4.78 is 13.3. The van der Waals surface area contributed by atoms with Crippen LogP contribution >= 0.6 is 0 Å². The van der Waals surface area contributed by atoms with Crippen molar-refractivity contribution in [2.24, 2.45) is 0 Å². The molecular weight excluding hydrogens is 367 g/mol. The van der Waals surface area contributed by atoms with E-state index in [1.54, 1.807) is 24.4 Å². The highest BCUT2D eigenvalue weighted by molar-refractivity contribution is 6.04. The minimum absolute atomic E-state index is 0.307. The molecule has 1 aliphatic heterocycles. The Kier molecular flexibility index (Phi) is 5.42. The van der Waals surface area contributed by atoms with Crippen LogP contribution in [0.25, 0.3) is 0 Å². The zero-order chi connectivity index (χ0) is 20.2. The summed E-state index contributed by atoms with van der Waals surface area (Å²) in [7, 11) is 0. The van der Waals surface area contributed by atoms with Crippen LogP contribution < -0.4 is 15.1 Å². The van der Waals surface area contributed by atoms with Crippen molar-refractivity contribution in [2.75, 3.05) is 41.3 Å². The number of carbonyl (C=O) groups is 1. The van der Waals surface area contributed by atoms with Crippen molar-refractivity contribution in [3.05, 3.63) is 83.8 Å². The van der Waals surface area contributed by atoms with E-state index in [1.807, 2.05) is 6.07 Å². The van der Waals surface area contributed by atoms with Crippen LogP contribution in [0.3, 0.4) is 0 Å². The number of pyridine rings is 1. The predicted molar refractivity (Wildman–Crippen MR) is 114 cm³/mol. The number of anilines is 3. The maximum Gasteiger partial charge on any atom is 0.257 e. The van der Waals surface area contributed by atoms with Gasteiger partial charge in [0, 0.05) is 43.8 Å². The maximum absolute atomic E-state index is 13.3. The molecule has 0 spiro atoms. The minimum atomic E-state index is -0.388. The van der Waals surface area contributed by atoms with Gasteiger partial charge in [-0.3, -0.25) is 4.79 Å². The Balaban J connectivity index is 1.36. The molecule has 0 aliphatic carbocycles. The summed E-state index contributed by atoms with van der Waals surface area (Å²) in [6, 6.07) is 18.0. The highest BCUT2D eigenvalue weighted by Crippen LogP contribution is 2.20. The van der Waals surface area contributed by atoms with E-state index in [4.69, 9.17) is 0 Å². The largest absolute Gasteiger partial charge is 0.368 e. The van der Waals surface area contributed by atoms with E-state index in [2.05, 4.69) is 51.3 Å². The van der Waals surface area contributed by atoms with Gasteiger partial charge in [-0.15, -0.1) is 0 Å². The van der Waals surface area contributed by atoms with E-state index >= 15 is 0 Å². The molecule has 148 valence electrons. The number of nitrogens with one attached hydrogen (secondary N) is 1. The number of aromatic nitrogens is 1. The molecule has 0 radical (unpaired) electrons. The summed E-state index contributed by atoms with van der Waals surface area (Å²) in [6.07, 6.45) is 1.57. The summed E-state index contributed by atoms with van der Waals surface area (Å²) in [6.45, 7) is 5.70. The summed E-state index contributed by atoms with van der Waals surface area (Å²) in [4.78, 5) is 21.4. The van der Waals surface area contributed by atoms with E-state index in [0.717, 1.165) is 32.0 Å². The number of nitrogens with zero attached hydrogens (tertiary/aromatic N) is 3. The van der Waals surface area contributed by atoms with Crippen LogP contribution in [-0.2, 0) is 0 Å². The molecule has 1 fully saturated rings. The average molecular weight is 390 g/mol. The van der Waals surface area contributed by atoms with Crippen LogP contribution in [0.5, 0.6) is 0 Å². The van der Waals surface area contributed by atoms with Crippen molar-refractivity contribution in [3.8, 4) is 0 Å². The Labute approximate surface area is 169 Å². The van der Waals surface area contributed by atoms with Gasteiger partial charge in [-0.05, 0) is 55.0 Å². The number of aryl methyl sites for hydroxylation is 1. The molecule has 4 rings (SSSR count).